The van der Waals surface area contributed by atoms with E-state index in [0.717, 1.165) is 13.0 Å². The number of aliphatic hydroxyl groups is 1. The van der Waals surface area contributed by atoms with Gasteiger partial charge in [-0.15, -0.1) is 0 Å². The van der Waals surface area contributed by atoms with Crippen LogP contribution >= 0.6 is 0 Å². The minimum atomic E-state index is -0.474. The Balaban J connectivity index is 2.32. The highest BCUT2D eigenvalue weighted by Crippen LogP contribution is 2.28. The Labute approximate surface area is 106 Å². The van der Waals surface area contributed by atoms with E-state index in [1.807, 2.05) is 11.8 Å². The molecule has 2 atom stereocenters. The number of carbonyl (C=O) groups is 1. The lowest BCUT2D eigenvalue weighted by atomic mass is 9.95. The van der Waals surface area contributed by atoms with Crippen molar-refractivity contribution in [3.05, 3.63) is 23.8 Å². The van der Waals surface area contributed by atoms with Crippen molar-refractivity contribution >= 4 is 17.3 Å². The molecular weight excluding hydrogens is 230 g/mol. The molecule has 1 aromatic rings. The topological polar surface area (TPSA) is 92.6 Å². The summed E-state index contributed by atoms with van der Waals surface area (Å²) in [5.41, 5.74) is 12.9. The maximum Gasteiger partial charge on any atom is 0.250 e. The number of hydrogen-bond acceptors (Lipinski definition) is 4. The molecule has 0 radical (unpaired) electrons. The molecule has 2 rings (SSSR count). The highest BCUT2D eigenvalue weighted by molar-refractivity contribution is 5.99. The molecule has 0 aliphatic carbocycles. The Hall–Kier alpha value is -1.75. The third kappa shape index (κ3) is 2.41. The quantitative estimate of drug-likeness (QED) is 0.668. The maximum absolute atomic E-state index is 11.4. The Morgan fingerprint density at radius 3 is 2.83 bits per heavy atom. The number of rotatable bonds is 2. The average Bonchev–Trinajstić information content (AvgIpc) is 2.32. The van der Waals surface area contributed by atoms with Gasteiger partial charge in [-0.25, -0.2) is 0 Å². The molecule has 5 nitrogen and oxygen atoms in total. The molecule has 1 aliphatic rings. The molecule has 1 fully saturated rings. The van der Waals surface area contributed by atoms with Crippen LogP contribution in [0.3, 0.4) is 0 Å². The minimum Gasteiger partial charge on any atom is -0.399 e. The van der Waals surface area contributed by atoms with Gasteiger partial charge >= 0.3 is 0 Å². The lowest BCUT2D eigenvalue weighted by Crippen LogP contribution is -2.43. The number of nitrogens with zero attached hydrogens (tertiary/aromatic N) is 1. The van der Waals surface area contributed by atoms with Crippen molar-refractivity contribution < 1.29 is 9.90 Å². The molecule has 0 aromatic heterocycles. The first-order chi connectivity index (χ1) is 8.49. The SMILES string of the molecule is CC1CCN(c2cc(N)ccc2C(N)=O)CC1O. The second-order valence-corrected chi connectivity index (χ2v) is 4.92. The Morgan fingerprint density at radius 1 is 1.50 bits per heavy atom. The lowest BCUT2D eigenvalue weighted by Gasteiger charge is -2.36. The van der Waals surface area contributed by atoms with Gasteiger partial charge in [0.1, 0.15) is 0 Å². The zero-order chi connectivity index (χ0) is 13.3. The average molecular weight is 249 g/mol. The monoisotopic (exact) mass is 249 g/mol. The van der Waals surface area contributed by atoms with Gasteiger partial charge < -0.3 is 21.5 Å². The van der Waals surface area contributed by atoms with E-state index in [1.165, 1.54) is 0 Å². The van der Waals surface area contributed by atoms with Crippen molar-refractivity contribution in [2.75, 3.05) is 23.7 Å². The molecular formula is C13H19N3O2. The summed E-state index contributed by atoms with van der Waals surface area (Å²) < 4.78 is 0. The summed E-state index contributed by atoms with van der Waals surface area (Å²) in [6.45, 7) is 3.32. The maximum atomic E-state index is 11.4. The molecule has 1 aliphatic heterocycles. The van der Waals surface area contributed by atoms with Crippen molar-refractivity contribution in [2.45, 2.75) is 19.4 Å². The summed E-state index contributed by atoms with van der Waals surface area (Å²) in [6.07, 6.45) is 0.495. The zero-order valence-electron chi connectivity index (χ0n) is 10.5. The Bertz CT molecular complexity index is 462. The van der Waals surface area contributed by atoms with E-state index in [9.17, 15) is 9.90 Å². The molecule has 1 amide bonds. The van der Waals surface area contributed by atoms with E-state index in [1.54, 1.807) is 18.2 Å². The molecule has 0 bridgehead atoms. The number of primary amides is 1. The van der Waals surface area contributed by atoms with Gasteiger partial charge in [-0.3, -0.25) is 4.79 Å². The van der Waals surface area contributed by atoms with Crippen LogP contribution in [0.15, 0.2) is 18.2 Å². The number of nitrogens with two attached hydrogens (primary N) is 2. The normalized spacial score (nSPS) is 24.0. The summed E-state index contributed by atoms with van der Waals surface area (Å²) in [5.74, 6) is -0.197. The Kier molecular flexibility index (Phi) is 3.43. The summed E-state index contributed by atoms with van der Waals surface area (Å²) in [7, 11) is 0. The highest BCUT2D eigenvalue weighted by Gasteiger charge is 2.26. The fourth-order valence-electron chi connectivity index (χ4n) is 2.29. The van der Waals surface area contributed by atoms with E-state index >= 15 is 0 Å². The number of β-amino-alcohol motifs (C(OH)–C–C–N with tert-alkyl or cyclic N) is 1. The number of piperidine rings is 1. The van der Waals surface area contributed by atoms with Crippen LogP contribution in [0.4, 0.5) is 11.4 Å². The minimum absolute atomic E-state index is 0.277. The summed E-state index contributed by atoms with van der Waals surface area (Å²) in [5, 5.41) is 9.92. The summed E-state index contributed by atoms with van der Waals surface area (Å²) >= 11 is 0. The number of benzene rings is 1. The smallest absolute Gasteiger partial charge is 0.250 e. The second kappa shape index (κ2) is 4.86. The molecule has 18 heavy (non-hydrogen) atoms. The van der Waals surface area contributed by atoms with E-state index in [-0.39, 0.29) is 12.0 Å². The number of nitrogen functional groups attached to an aromatic ring is 1. The largest absolute Gasteiger partial charge is 0.399 e. The molecule has 5 heteroatoms. The molecule has 1 heterocycles. The van der Waals surface area contributed by atoms with Gasteiger partial charge in [-0.2, -0.15) is 0 Å². The van der Waals surface area contributed by atoms with Gasteiger partial charge in [0.25, 0.3) is 5.91 Å². The third-order valence-electron chi connectivity index (χ3n) is 3.55. The number of anilines is 2. The van der Waals surface area contributed by atoms with Crippen LogP contribution in [0.1, 0.15) is 23.7 Å². The summed E-state index contributed by atoms with van der Waals surface area (Å²) in [6, 6.07) is 5.03. The van der Waals surface area contributed by atoms with Gasteiger partial charge in [0.15, 0.2) is 0 Å². The molecule has 0 saturated carbocycles. The molecule has 5 N–H and O–H groups in total. The molecule has 1 aromatic carbocycles. The molecule has 2 unspecified atom stereocenters. The number of hydrogen-bond donors (Lipinski definition) is 3. The molecule has 1 saturated heterocycles. The van der Waals surface area contributed by atoms with Crippen LogP contribution in [-0.4, -0.2) is 30.2 Å². The van der Waals surface area contributed by atoms with Crippen LogP contribution in [0, 0.1) is 5.92 Å². The molecule has 98 valence electrons. The van der Waals surface area contributed by atoms with Gasteiger partial charge in [0.2, 0.25) is 0 Å². The van der Waals surface area contributed by atoms with E-state index in [4.69, 9.17) is 11.5 Å². The first-order valence-electron chi connectivity index (χ1n) is 6.11. The van der Waals surface area contributed by atoms with Crippen molar-refractivity contribution in [3.63, 3.8) is 0 Å². The standard InChI is InChI=1S/C13H19N3O2/c1-8-4-5-16(7-12(8)17)11-6-9(14)2-3-10(11)13(15)18/h2-3,6,8,12,17H,4-5,7,14H2,1H3,(H2,15,18). The fourth-order valence-corrected chi connectivity index (χ4v) is 2.29. The summed E-state index contributed by atoms with van der Waals surface area (Å²) in [4.78, 5) is 13.4. The van der Waals surface area contributed by atoms with Gasteiger partial charge in [-0.1, -0.05) is 6.92 Å². The van der Waals surface area contributed by atoms with Gasteiger partial charge in [0.05, 0.1) is 17.4 Å². The highest BCUT2D eigenvalue weighted by atomic mass is 16.3. The molecule has 0 spiro atoms. The van der Waals surface area contributed by atoms with Crippen LogP contribution in [0.25, 0.3) is 0 Å². The van der Waals surface area contributed by atoms with Crippen LogP contribution < -0.4 is 16.4 Å². The lowest BCUT2D eigenvalue weighted by molar-refractivity contribution is 0.0987. The predicted octanol–water partition coefficient (Wildman–Crippen LogP) is 0.575. The first-order valence-corrected chi connectivity index (χ1v) is 6.11. The van der Waals surface area contributed by atoms with E-state index < -0.39 is 5.91 Å². The van der Waals surface area contributed by atoms with Crippen molar-refractivity contribution in [3.8, 4) is 0 Å². The number of carbonyl (C=O) groups excluding carboxylic acids is 1. The van der Waals surface area contributed by atoms with Crippen molar-refractivity contribution in [2.24, 2.45) is 11.7 Å². The van der Waals surface area contributed by atoms with Crippen molar-refractivity contribution in [1.82, 2.24) is 0 Å². The van der Waals surface area contributed by atoms with Gasteiger partial charge in [0, 0.05) is 18.8 Å². The second-order valence-electron chi connectivity index (χ2n) is 4.92. The predicted molar refractivity (Wildman–Crippen MR) is 71.4 cm³/mol. The fraction of sp³-hybridized carbons (Fsp3) is 0.462. The number of aliphatic hydroxyl groups excluding tert-OH is 1. The van der Waals surface area contributed by atoms with E-state index in [0.29, 0.717) is 23.5 Å². The third-order valence-corrected chi connectivity index (χ3v) is 3.55. The zero-order valence-corrected chi connectivity index (χ0v) is 10.5. The van der Waals surface area contributed by atoms with Crippen LogP contribution in [0.5, 0.6) is 0 Å². The van der Waals surface area contributed by atoms with Crippen LogP contribution in [-0.2, 0) is 0 Å². The van der Waals surface area contributed by atoms with Crippen LogP contribution in [0.2, 0.25) is 0 Å². The Morgan fingerprint density at radius 2 is 2.22 bits per heavy atom. The van der Waals surface area contributed by atoms with Crippen molar-refractivity contribution in [1.29, 1.82) is 0 Å². The number of amides is 1. The first kappa shape index (κ1) is 12.7. The van der Waals surface area contributed by atoms with E-state index in [2.05, 4.69) is 0 Å². The van der Waals surface area contributed by atoms with Gasteiger partial charge in [-0.05, 0) is 30.5 Å².